The Kier molecular flexibility index (Phi) is 5.37. The van der Waals surface area contributed by atoms with Gasteiger partial charge in [-0.05, 0) is 36.8 Å². The Hall–Kier alpha value is -2.05. The lowest BCUT2D eigenvalue weighted by atomic mass is 10.2. The molecule has 1 aliphatic heterocycles. The number of methoxy groups -OCH3 is 1. The SMILES string of the molecule is COCCn1ccc(C(=O)NC2CCN(c3ccc(Cl)cc3)C2)n1. The Bertz CT molecular complexity index is 686. The summed E-state index contributed by atoms with van der Waals surface area (Å²) in [5, 5.41) is 8.06. The van der Waals surface area contributed by atoms with Crippen LogP contribution in [0.15, 0.2) is 36.5 Å². The summed E-state index contributed by atoms with van der Waals surface area (Å²) in [5.41, 5.74) is 1.57. The van der Waals surface area contributed by atoms with Gasteiger partial charge in [0.25, 0.3) is 5.91 Å². The highest BCUT2D eigenvalue weighted by molar-refractivity contribution is 6.30. The van der Waals surface area contributed by atoms with E-state index in [9.17, 15) is 4.79 Å². The maximum absolute atomic E-state index is 12.3. The van der Waals surface area contributed by atoms with Crippen LogP contribution in [0.5, 0.6) is 0 Å². The third kappa shape index (κ3) is 4.07. The number of anilines is 1. The number of aromatic nitrogens is 2. The largest absolute Gasteiger partial charge is 0.383 e. The van der Waals surface area contributed by atoms with Crippen molar-refractivity contribution in [1.29, 1.82) is 0 Å². The average Bonchev–Trinajstić information content (AvgIpc) is 3.23. The van der Waals surface area contributed by atoms with Gasteiger partial charge in [0.1, 0.15) is 5.69 Å². The molecule has 24 heavy (non-hydrogen) atoms. The second-order valence-electron chi connectivity index (χ2n) is 5.84. The maximum atomic E-state index is 12.3. The van der Waals surface area contributed by atoms with Crippen molar-refractivity contribution < 1.29 is 9.53 Å². The van der Waals surface area contributed by atoms with Crippen LogP contribution >= 0.6 is 11.6 Å². The summed E-state index contributed by atoms with van der Waals surface area (Å²) < 4.78 is 6.72. The highest BCUT2D eigenvalue weighted by Crippen LogP contribution is 2.22. The molecule has 1 aromatic carbocycles. The molecule has 7 heteroatoms. The summed E-state index contributed by atoms with van der Waals surface area (Å²) >= 11 is 5.93. The van der Waals surface area contributed by atoms with Gasteiger partial charge in [0.05, 0.1) is 13.2 Å². The molecule has 2 aromatic rings. The number of hydrogen-bond donors (Lipinski definition) is 1. The van der Waals surface area contributed by atoms with Crippen LogP contribution in [-0.4, -0.2) is 48.5 Å². The number of halogens is 1. The molecule has 2 heterocycles. The number of ether oxygens (including phenoxy) is 1. The Balaban J connectivity index is 1.54. The number of carbonyl (C=O) groups is 1. The molecule has 1 aliphatic rings. The summed E-state index contributed by atoms with van der Waals surface area (Å²) in [6.45, 7) is 2.91. The van der Waals surface area contributed by atoms with Crippen molar-refractivity contribution in [3.8, 4) is 0 Å². The van der Waals surface area contributed by atoms with Crippen LogP contribution in [-0.2, 0) is 11.3 Å². The first-order valence-electron chi connectivity index (χ1n) is 7.99. The van der Waals surface area contributed by atoms with Gasteiger partial charge >= 0.3 is 0 Å². The number of amides is 1. The predicted molar refractivity (Wildman–Crippen MR) is 93.6 cm³/mol. The first kappa shape index (κ1) is 16.8. The maximum Gasteiger partial charge on any atom is 0.272 e. The van der Waals surface area contributed by atoms with E-state index < -0.39 is 0 Å². The molecule has 1 amide bonds. The first-order valence-corrected chi connectivity index (χ1v) is 8.37. The molecule has 3 rings (SSSR count). The van der Waals surface area contributed by atoms with Crippen molar-refractivity contribution in [2.75, 3.05) is 31.7 Å². The van der Waals surface area contributed by atoms with Crippen molar-refractivity contribution in [2.24, 2.45) is 0 Å². The Morgan fingerprint density at radius 2 is 2.17 bits per heavy atom. The second-order valence-corrected chi connectivity index (χ2v) is 6.27. The number of benzene rings is 1. The number of hydrogen-bond acceptors (Lipinski definition) is 4. The second kappa shape index (κ2) is 7.68. The van der Waals surface area contributed by atoms with E-state index in [0.29, 0.717) is 18.8 Å². The minimum absolute atomic E-state index is 0.123. The summed E-state index contributed by atoms with van der Waals surface area (Å²) in [5.74, 6) is -0.130. The molecule has 0 bridgehead atoms. The summed E-state index contributed by atoms with van der Waals surface area (Å²) in [7, 11) is 1.64. The predicted octanol–water partition coefficient (Wildman–Crippen LogP) is 2.19. The lowest BCUT2D eigenvalue weighted by Crippen LogP contribution is -2.37. The van der Waals surface area contributed by atoms with Gasteiger partial charge in [0.15, 0.2) is 0 Å². The third-order valence-electron chi connectivity index (χ3n) is 4.11. The van der Waals surface area contributed by atoms with E-state index in [1.165, 1.54) is 0 Å². The Morgan fingerprint density at radius 3 is 2.92 bits per heavy atom. The Morgan fingerprint density at radius 1 is 1.38 bits per heavy atom. The number of carbonyl (C=O) groups excluding carboxylic acids is 1. The van der Waals surface area contributed by atoms with Gasteiger partial charge in [-0.2, -0.15) is 5.10 Å². The molecule has 1 aromatic heterocycles. The smallest absolute Gasteiger partial charge is 0.272 e. The van der Waals surface area contributed by atoms with Gasteiger partial charge in [0, 0.05) is 43.1 Å². The fraction of sp³-hybridized carbons (Fsp3) is 0.412. The molecule has 1 unspecified atom stereocenters. The zero-order chi connectivity index (χ0) is 16.9. The van der Waals surface area contributed by atoms with Crippen LogP contribution in [0.3, 0.4) is 0 Å². The van der Waals surface area contributed by atoms with Gasteiger partial charge in [-0.1, -0.05) is 11.6 Å². The lowest BCUT2D eigenvalue weighted by Gasteiger charge is -2.19. The molecule has 1 N–H and O–H groups in total. The molecule has 1 saturated heterocycles. The zero-order valence-corrected chi connectivity index (χ0v) is 14.4. The van der Waals surface area contributed by atoms with Crippen molar-refractivity contribution in [2.45, 2.75) is 19.0 Å². The van der Waals surface area contributed by atoms with Crippen molar-refractivity contribution >= 4 is 23.2 Å². The minimum atomic E-state index is -0.130. The van der Waals surface area contributed by atoms with Gasteiger partial charge in [-0.3, -0.25) is 9.48 Å². The molecular weight excluding hydrogens is 328 g/mol. The summed E-state index contributed by atoms with van der Waals surface area (Å²) in [6, 6.07) is 9.63. The lowest BCUT2D eigenvalue weighted by molar-refractivity contribution is 0.0934. The highest BCUT2D eigenvalue weighted by atomic mass is 35.5. The van der Waals surface area contributed by atoms with Crippen molar-refractivity contribution in [1.82, 2.24) is 15.1 Å². The molecule has 0 aliphatic carbocycles. The van der Waals surface area contributed by atoms with Gasteiger partial charge < -0.3 is 15.0 Å². The van der Waals surface area contributed by atoms with Gasteiger partial charge in [-0.15, -0.1) is 0 Å². The van der Waals surface area contributed by atoms with E-state index in [4.69, 9.17) is 16.3 Å². The normalized spacial score (nSPS) is 17.2. The monoisotopic (exact) mass is 348 g/mol. The molecule has 0 radical (unpaired) electrons. The van der Waals surface area contributed by atoms with E-state index in [1.807, 2.05) is 24.3 Å². The molecule has 1 fully saturated rings. The van der Waals surface area contributed by atoms with Gasteiger partial charge in [-0.25, -0.2) is 0 Å². The standard InChI is InChI=1S/C17H21ClN4O2/c1-24-11-10-22-9-7-16(20-22)17(23)19-14-6-8-21(12-14)15-4-2-13(18)3-5-15/h2-5,7,9,14H,6,8,10-12H2,1H3,(H,19,23). The number of rotatable bonds is 6. The van der Waals surface area contributed by atoms with E-state index in [2.05, 4.69) is 15.3 Å². The van der Waals surface area contributed by atoms with Crippen LogP contribution in [0.2, 0.25) is 5.02 Å². The Labute approximate surface area is 146 Å². The van der Waals surface area contributed by atoms with E-state index >= 15 is 0 Å². The molecule has 0 spiro atoms. The fourth-order valence-corrected chi connectivity index (χ4v) is 2.94. The van der Waals surface area contributed by atoms with E-state index in [1.54, 1.807) is 24.1 Å². The van der Waals surface area contributed by atoms with E-state index in [-0.39, 0.29) is 11.9 Å². The quantitative estimate of drug-likeness (QED) is 0.869. The summed E-state index contributed by atoms with van der Waals surface area (Å²) in [6.07, 6.45) is 2.71. The molecule has 0 saturated carbocycles. The average molecular weight is 349 g/mol. The van der Waals surface area contributed by atoms with Crippen LogP contribution in [0.1, 0.15) is 16.9 Å². The van der Waals surface area contributed by atoms with Crippen LogP contribution in [0.25, 0.3) is 0 Å². The van der Waals surface area contributed by atoms with E-state index in [0.717, 1.165) is 30.2 Å². The van der Waals surface area contributed by atoms with Crippen molar-refractivity contribution in [3.05, 3.63) is 47.2 Å². The van der Waals surface area contributed by atoms with Crippen LogP contribution in [0.4, 0.5) is 5.69 Å². The van der Waals surface area contributed by atoms with Gasteiger partial charge in [0.2, 0.25) is 0 Å². The summed E-state index contributed by atoms with van der Waals surface area (Å²) in [4.78, 5) is 14.6. The fourth-order valence-electron chi connectivity index (χ4n) is 2.82. The zero-order valence-electron chi connectivity index (χ0n) is 13.6. The highest BCUT2D eigenvalue weighted by Gasteiger charge is 2.25. The molecule has 128 valence electrons. The molecule has 1 atom stereocenters. The van der Waals surface area contributed by atoms with Crippen LogP contribution in [0, 0.1) is 0 Å². The minimum Gasteiger partial charge on any atom is -0.383 e. The van der Waals surface area contributed by atoms with Crippen molar-refractivity contribution in [3.63, 3.8) is 0 Å². The molecular formula is C17H21ClN4O2. The molecule has 6 nitrogen and oxygen atoms in total. The number of nitrogens with zero attached hydrogens (tertiary/aromatic N) is 3. The first-order chi connectivity index (χ1) is 11.7. The third-order valence-corrected chi connectivity index (χ3v) is 4.37. The topological polar surface area (TPSA) is 59.4 Å². The number of nitrogens with one attached hydrogen (secondary N) is 1. The van der Waals surface area contributed by atoms with Crippen LogP contribution < -0.4 is 10.2 Å².